The molecule has 1 aromatic rings. The van der Waals surface area contributed by atoms with Crippen LogP contribution < -0.4 is 0 Å². The van der Waals surface area contributed by atoms with Crippen molar-refractivity contribution in [2.45, 2.75) is 25.5 Å². The van der Waals surface area contributed by atoms with Gasteiger partial charge in [-0.25, -0.2) is 4.98 Å². The Morgan fingerprint density at radius 2 is 2.25 bits per heavy atom. The second-order valence-electron chi connectivity index (χ2n) is 4.01. The van der Waals surface area contributed by atoms with E-state index in [0.717, 1.165) is 4.88 Å². The second kappa shape index (κ2) is 5.69. The van der Waals surface area contributed by atoms with Gasteiger partial charge in [-0.15, -0.1) is 22.9 Å². The first-order valence-electron chi connectivity index (χ1n) is 4.52. The van der Waals surface area contributed by atoms with E-state index in [9.17, 15) is 4.55 Å². The molecule has 0 aliphatic rings. The predicted molar refractivity (Wildman–Crippen MR) is 72.3 cm³/mol. The number of hydrogen-bond donors (Lipinski definition) is 0. The fourth-order valence-corrected chi connectivity index (χ4v) is 2.73. The van der Waals surface area contributed by atoms with E-state index in [0.29, 0.717) is 10.2 Å². The van der Waals surface area contributed by atoms with Crippen LogP contribution in [-0.2, 0) is 11.4 Å². The Bertz CT molecular complexity index is 387. The summed E-state index contributed by atoms with van der Waals surface area (Å²) in [7, 11) is 0. The standard InChI is InChI=1S/C9H12Cl2N2OS2/c1-9(2,3)16(14)13-6(4-10)7-5-12-8(11)15-7/h5H,4H2,1-3H3. The Morgan fingerprint density at radius 3 is 2.62 bits per heavy atom. The molecule has 1 rings (SSSR count). The maximum absolute atomic E-state index is 11.8. The third-order valence-electron chi connectivity index (χ3n) is 1.61. The quantitative estimate of drug-likeness (QED) is 0.488. The van der Waals surface area contributed by atoms with Gasteiger partial charge in [-0.05, 0) is 20.8 Å². The lowest BCUT2D eigenvalue weighted by Gasteiger charge is -2.18. The molecule has 1 aromatic heterocycles. The first-order chi connectivity index (χ1) is 7.34. The molecule has 3 nitrogen and oxygen atoms in total. The van der Waals surface area contributed by atoms with Crippen LogP contribution in [0.25, 0.3) is 0 Å². The van der Waals surface area contributed by atoms with Crippen LogP contribution in [0.5, 0.6) is 0 Å². The molecule has 0 bridgehead atoms. The lowest BCUT2D eigenvalue weighted by molar-refractivity contribution is 0.561. The van der Waals surface area contributed by atoms with Gasteiger partial charge in [0.15, 0.2) is 4.47 Å². The van der Waals surface area contributed by atoms with Crippen LogP contribution >= 0.6 is 34.5 Å². The molecule has 1 atom stereocenters. The van der Waals surface area contributed by atoms with Crippen LogP contribution in [0.4, 0.5) is 0 Å². The van der Waals surface area contributed by atoms with Gasteiger partial charge in [0.25, 0.3) is 0 Å². The zero-order chi connectivity index (χ0) is 12.3. The van der Waals surface area contributed by atoms with Crippen molar-refractivity contribution < 1.29 is 4.55 Å². The van der Waals surface area contributed by atoms with E-state index in [1.807, 2.05) is 20.8 Å². The molecule has 1 heterocycles. The Balaban J connectivity index is 2.94. The van der Waals surface area contributed by atoms with Gasteiger partial charge < -0.3 is 4.55 Å². The van der Waals surface area contributed by atoms with Crippen molar-refractivity contribution in [2.24, 2.45) is 4.40 Å². The summed E-state index contributed by atoms with van der Waals surface area (Å²) in [6.45, 7) is 5.58. The summed E-state index contributed by atoms with van der Waals surface area (Å²) in [4.78, 5) is 4.66. The fourth-order valence-electron chi connectivity index (χ4n) is 0.758. The summed E-state index contributed by atoms with van der Waals surface area (Å²) in [5, 5.41) is 0. The Kier molecular flexibility index (Phi) is 5.07. The minimum Gasteiger partial charge on any atom is -0.591 e. The second-order valence-corrected chi connectivity index (χ2v) is 7.80. The first-order valence-corrected chi connectivity index (χ1v) is 7.35. The first kappa shape index (κ1) is 14.3. The molecule has 90 valence electrons. The third kappa shape index (κ3) is 3.89. The molecule has 0 N–H and O–H groups in total. The van der Waals surface area contributed by atoms with E-state index in [2.05, 4.69) is 9.38 Å². The lowest BCUT2D eigenvalue weighted by Crippen LogP contribution is -2.27. The number of rotatable bonds is 3. The molecule has 7 heteroatoms. The van der Waals surface area contributed by atoms with Crippen molar-refractivity contribution >= 4 is 51.6 Å². The van der Waals surface area contributed by atoms with E-state index in [-0.39, 0.29) is 5.88 Å². The number of alkyl halides is 1. The minimum atomic E-state index is -1.32. The summed E-state index contributed by atoms with van der Waals surface area (Å²) < 4.78 is 16.0. The average Bonchev–Trinajstić information content (AvgIpc) is 2.59. The Hall–Kier alpha value is 0.190. The molecule has 0 aliphatic heterocycles. The predicted octanol–water partition coefficient (Wildman–Crippen LogP) is 3.29. The zero-order valence-corrected chi connectivity index (χ0v) is 12.3. The summed E-state index contributed by atoms with van der Waals surface area (Å²) in [5.74, 6) is 0.195. The number of aromatic nitrogens is 1. The molecule has 16 heavy (non-hydrogen) atoms. The monoisotopic (exact) mass is 298 g/mol. The highest BCUT2D eigenvalue weighted by molar-refractivity contribution is 7.91. The van der Waals surface area contributed by atoms with Crippen molar-refractivity contribution in [3.05, 3.63) is 15.5 Å². The highest BCUT2D eigenvalue weighted by Gasteiger charge is 2.27. The van der Waals surface area contributed by atoms with Crippen molar-refractivity contribution in [2.75, 3.05) is 5.88 Å². The van der Waals surface area contributed by atoms with Crippen molar-refractivity contribution in [3.63, 3.8) is 0 Å². The van der Waals surface area contributed by atoms with Crippen LogP contribution in [0.15, 0.2) is 10.6 Å². The smallest absolute Gasteiger partial charge is 0.184 e. The Labute approximate surface area is 112 Å². The normalized spacial score (nSPS) is 15.2. The summed E-state index contributed by atoms with van der Waals surface area (Å²) >= 11 is 11.5. The molecule has 0 saturated carbocycles. The van der Waals surface area contributed by atoms with Crippen molar-refractivity contribution in [1.29, 1.82) is 0 Å². The van der Waals surface area contributed by atoms with E-state index < -0.39 is 16.1 Å². The van der Waals surface area contributed by atoms with Gasteiger partial charge in [0.1, 0.15) is 21.8 Å². The van der Waals surface area contributed by atoms with Gasteiger partial charge in [-0.2, -0.15) is 0 Å². The van der Waals surface area contributed by atoms with E-state index in [4.69, 9.17) is 23.2 Å². The minimum absolute atomic E-state index is 0.195. The number of hydrogen-bond acceptors (Lipinski definition) is 4. The van der Waals surface area contributed by atoms with Gasteiger partial charge in [-0.3, -0.25) is 0 Å². The summed E-state index contributed by atoms with van der Waals surface area (Å²) in [6.07, 6.45) is 1.59. The van der Waals surface area contributed by atoms with Crippen molar-refractivity contribution in [1.82, 2.24) is 4.98 Å². The molecule has 0 fully saturated rings. The highest BCUT2D eigenvalue weighted by Crippen LogP contribution is 2.22. The largest absolute Gasteiger partial charge is 0.591 e. The van der Waals surface area contributed by atoms with E-state index >= 15 is 0 Å². The van der Waals surface area contributed by atoms with Crippen LogP contribution in [-0.4, -0.2) is 25.9 Å². The molecule has 0 saturated heterocycles. The fraction of sp³-hybridized carbons (Fsp3) is 0.556. The molecule has 0 radical (unpaired) electrons. The van der Waals surface area contributed by atoms with Crippen LogP contribution in [0.1, 0.15) is 25.6 Å². The molecule has 0 aliphatic carbocycles. The van der Waals surface area contributed by atoms with Gasteiger partial charge in [-0.1, -0.05) is 16.0 Å². The molecular weight excluding hydrogens is 287 g/mol. The van der Waals surface area contributed by atoms with Gasteiger partial charge in [0.05, 0.1) is 10.8 Å². The maximum Gasteiger partial charge on any atom is 0.184 e. The number of halogens is 2. The number of thiazole rings is 1. The summed E-state index contributed by atoms with van der Waals surface area (Å²) in [5.41, 5.74) is 0.569. The zero-order valence-electron chi connectivity index (χ0n) is 9.16. The number of nitrogens with zero attached hydrogens (tertiary/aromatic N) is 2. The van der Waals surface area contributed by atoms with Crippen molar-refractivity contribution in [3.8, 4) is 0 Å². The Morgan fingerprint density at radius 1 is 1.62 bits per heavy atom. The summed E-state index contributed by atoms with van der Waals surface area (Å²) in [6, 6.07) is 0. The van der Waals surface area contributed by atoms with Crippen LogP contribution in [0.3, 0.4) is 0 Å². The van der Waals surface area contributed by atoms with Gasteiger partial charge >= 0.3 is 0 Å². The van der Waals surface area contributed by atoms with Crippen LogP contribution in [0, 0.1) is 0 Å². The average molecular weight is 299 g/mol. The topological polar surface area (TPSA) is 48.3 Å². The molecule has 0 amide bonds. The molecule has 0 spiro atoms. The van der Waals surface area contributed by atoms with E-state index in [1.54, 1.807) is 6.20 Å². The third-order valence-corrected chi connectivity index (χ3v) is 4.46. The molecule has 1 unspecified atom stereocenters. The molecular formula is C9H12Cl2N2OS2. The van der Waals surface area contributed by atoms with Gasteiger partial charge in [0, 0.05) is 6.20 Å². The SMILES string of the molecule is CC(C)(C)[S+]([O-])N=C(CCl)c1cnc(Cl)s1. The molecule has 0 aromatic carbocycles. The van der Waals surface area contributed by atoms with E-state index in [1.165, 1.54) is 11.3 Å². The lowest BCUT2D eigenvalue weighted by atomic mass is 10.3. The van der Waals surface area contributed by atoms with Gasteiger partial charge in [0.2, 0.25) is 0 Å². The van der Waals surface area contributed by atoms with Crippen LogP contribution in [0.2, 0.25) is 4.47 Å². The highest BCUT2D eigenvalue weighted by atomic mass is 35.5. The maximum atomic E-state index is 11.8.